The molecule has 0 bridgehead atoms. The van der Waals surface area contributed by atoms with Gasteiger partial charge >= 0.3 is 0 Å². The molecule has 0 spiro atoms. The van der Waals surface area contributed by atoms with E-state index < -0.39 is 0 Å². The summed E-state index contributed by atoms with van der Waals surface area (Å²) in [6, 6.07) is 8.74. The van der Waals surface area contributed by atoms with Crippen LogP contribution < -0.4 is 0 Å². The number of hydrogen-bond donors (Lipinski definition) is 0. The van der Waals surface area contributed by atoms with Crippen LogP contribution in [-0.2, 0) is 6.42 Å². The molecule has 0 radical (unpaired) electrons. The van der Waals surface area contributed by atoms with Gasteiger partial charge in [-0.05, 0) is 42.9 Å². The van der Waals surface area contributed by atoms with Crippen LogP contribution in [0.4, 0.5) is 0 Å². The first-order valence-electron chi connectivity index (χ1n) is 5.24. The first-order chi connectivity index (χ1) is 7.22. The molecule has 0 aliphatic carbocycles. The number of hydrogen-bond acceptors (Lipinski definition) is 2. The van der Waals surface area contributed by atoms with Crippen molar-refractivity contribution in [3.63, 3.8) is 0 Å². The Hall–Kier alpha value is -1.15. The Labute approximate surface area is 94.9 Å². The topological polar surface area (TPSA) is 12.9 Å². The minimum atomic E-state index is 1.09. The second-order valence-electron chi connectivity index (χ2n) is 3.75. The van der Waals surface area contributed by atoms with Crippen molar-refractivity contribution in [1.29, 1.82) is 0 Å². The molecule has 2 aromatic rings. The van der Waals surface area contributed by atoms with E-state index in [2.05, 4.69) is 49.4 Å². The van der Waals surface area contributed by atoms with Crippen molar-refractivity contribution in [2.24, 2.45) is 0 Å². The number of rotatable bonds is 2. The van der Waals surface area contributed by atoms with Gasteiger partial charge in [-0.15, -0.1) is 0 Å². The van der Waals surface area contributed by atoms with Gasteiger partial charge in [0.15, 0.2) is 0 Å². The van der Waals surface area contributed by atoms with E-state index in [9.17, 15) is 0 Å². The lowest BCUT2D eigenvalue weighted by Crippen LogP contribution is -1.84. The van der Waals surface area contributed by atoms with E-state index in [0.29, 0.717) is 0 Å². The fourth-order valence-electron chi connectivity index (χ4n) is 1.84. The first kappa shape index (κ1) is 10.4. The van der Waals surface area contributed by atoms with Gasteiger partial charge in [0.05, 0.1) is 5.69 Å². The molecule has 1 heterocycles. The second kappa shape index (κ2) is 4.15. The molecular formula is C13H15NS. The molecule has 0 fully saturated rings. The molecule has 0 N–H and O–H groups in total. The molecule has 2 rings (SSSR count). The van der Waals surface area contributed by atoms with Crippen molar-refractivity contribution in [3.05, 3.63) is 40.4 Å². The Morgan fingerprint density at radius 2 is 2.07 bits per heavy atom. The molecule has 0 unspecified atom stereocenters. The summed E-state index contributed by atoms with van der Waals surface area (Å²) in [7, 11) is 0. The molecule has 2 heteroatoms. The average Bonchev–Trinajstić information content (AvgIpc) is 2.59. The van der Waals surface area contributed by atoms with Crippen molar-refractivity contribution >= 4 is 11.5 Å². The van der Waals surface area contributed by atoms with E-state index in [1.54, 1.807) is 11.5 Å². The summed E-state index contributed by atoms with van der Waals surface area (Å²) in [6.45, 7) is 6.40. The Bertz CT molecular complexity index is 452. The standard InChI is InChI=1S/C13H15NS/c1-4-11-6-5-7-12(8-11)13-9(2)14-15-10(13)3/h5-8H,4H2,1-3H3. The largest absolute Gasteiger partial charge is 0.197 e. The van der Waals surface area contributed by atoms with Gasteiger partial charge in [0.2, 0.25) is 0 Å². The van der Waals surface area contributed by atoms with Gasteiger partial charge in [0, 0.05) is 10.4 Å². The molecule has 0 saturated heterocycles. The highest BCUT2D eigenvalue weighted by Gasteiger charge is 2.09. The fourth-order valence-corrected chi connectivity index (χ4v) is 2.56. The summed E-state index contributed by atoms with van der Waals surface area (Å²) in [5, 5.41) is 0. The molecule has 15 heavy (non-hydrogen) atoms. The minimum absolute atomic E-state index is 1.09. The normalized spacial score (nSPS) is 10.6. The number of nitrogens with zero attached hydrogens (tertiary/aromatic N) is 1. The molecule has 1 nitrogen and oxygen atoms in total. The van der Waals surface area contributed by atoms with E-state index in [1.165, 1.54) is 21.6 Å². The summed E-state index contributed by atoms with van der Waals surface area (Å²) in [5.41, 5.74) is 5.15. The molecule has 0 amide bonds. The fraction of sp³-hybridized carbons (Fsp3) is 0.308. The zero-order chi connectivity index (χ0) is 10.8. The molecule has 0 atom stereocenters. The highest BCUT2D eigenvalue weighted by Crippen LogP contribution is 2.29. The Kier molecular flexibility index (Phi) is 2.87. The highest BCUT2D eigenvalue weighted by molar-refractivity contribution is 7.06. The zero-order valence-corrected chi connectivity index (χ0v) is 10.2. The van der Waals surface area contributed by atoms with Crippen LogP contribution in [0.3, 0.4) is 0 Å². The van der Waals surface area contributed by atoms with Crippen LogP contribution >= 0.6 is 11.5 Å². The smallest absolute Gasteiger partial charge is 0.0592 e. The van der Waals surface area contributed by atoms with Crippen molar-refractivity contribution in [2.45, 2.75) is 27.2 Å². The average molecular weight is 217 g/mol. The van der Waals surface area contributed by atoms with Crippen LogP contribution in [0.1, 0.15) is 23.1 Å². The summed E-state index contributed by atoms with van der Waals surface area (Å²) in [4.78, 5) is 1.31. The van der Waals surface area contributed by atoms with E-state index >= 15 is 0 Å². The minimum Gasteiger partial charge on any atom is -0.197 e. The zero-order valence-electron chi connectivity index (χ0n) is 9.37. The van der Waals surface area contributed by atoms with Gasteiger partial charge in [0.1, 0.15) is 0 Å². The maximum absolute atomic E-state index is 4.39. The van der Waals surface area contributed by atoms with Gasteiger partial charge in [-0.1, -0.05) is 31.2 Å². The number of benzene rings is 1. The van der Waals surface area contributed by atoms with Crippen LogP contribution in [0.2, 0.25) is 0 Å². The molecule has 0 saturated carbocycles. The van der Waals surface area contributed by atoms with Gasteiger partial charge in [-0.2, -0.15) is 4.37 Å². The van der Waals surface area contributed by atoms with Gasteiger partial charge in [-0.25, -0.2) is 0 Å². The lowest BCUT2D eigenvalue weighted by atomic mass is 10.0. The van der Waals surface area contributed by atoms with Gasteiger partial charge < -0.3 is 0 Å². The number of aromatic nitrogens is 1. The predicted molar refractivity (Wildman–Crippen MR) is 66.4 cm³/mol. The quantitative estimate of drug-likeness (QED) is 0.741. The summed E-state index contributed by atoms with van der Waals surface area (Å²) < 4.78 is 4.39. The Balaban J connectivity index is 2.53. The maximum Gasteiger partial charge on any atom is 0.0592 e. The lowest BCUT2D eigenvalue weighted by molar-refractivity contribution is 1.14. The SMILES string of the molecule is CCc1cccc(-c2c(C)nsc2C)c1. The Morgan fingerprint density at radius 3 is 2.67 bits per heavy atom. The molecular weight excluding hydrogens is 202 g/mol. The van der Waals surface area contributed by atoms with Crippen LogP contribution in [0.5, 0.6) is 0 Å². The molecule has 1 aromatic carbocycles. The first-order valence-corrected chi connectivity index (χ1v) is 6.02. The Morgan fingerprint density at radius 1 is 1.27 bits per heavy atom. The van der Waals surface area contributed by atoms with Crippen molar-refractivity contribution in [3.8, 4) is 11.1 Å². The van der Waals surface area contributed by atoms with Gasteiger partial charge in [0.25, 0.3) is 0 Å². The van der Waals surface area contributed by atoms with Crippen molar-refractivity contribution in [1.82, 2.24) is 4.37 Å². The van der Waals surface area contributed by atoms with Gasteiger partial charge in [-0.3, -0.25) is 0 Å². The third kappa shape index (κ3) is 1.95. The maximum atomic E-state index is 4.39. The lowest BCUT2D eigenvalue weighted by Gasteiger charge is -2.04. The molecule has 0 aliphatic rings. The molecule has 0 aliphatic heterocycles. The van der Waals surface area contributed by atoms with Crippen LogP contribution in [0, 0.1) is 13.8 Å². The summed E-state index contributed by atoms with van der Waals surface area (Å²) in [5.74, 6) is 0. The number of aryl methyl sites for hydroxylation is 3. The monoisotopic (exact) mass is 217 g/mol. The third-order valence-corrected chi connectivity index (χ3v) is 3.50. The highest BCUT2D eigenvalue weighted by atomic mass is 32.1. The van der Waals surface area contributed by atoms with E-state index in [1.807, 2.05) is 0 Å². The summed E-state index contributed by atoms with van der Waals surface area (Å²) in [6.07, 6.45) is 1.09. The van der Waals surface area contributed by atoms with E-state index in [4.69, 9.17) is 0 Å². The van der Waals surface area contributed by atoms with Crippen LogP contribution in [0.25, 0.3) is 11.1 Å². The van der Waals surface area contributed by atoms with Crippen molar-refractivity contribution < 1.29 is 0 Å². The molecule has 1 aromatic heterocycles. The van der Waals surface area contributed by atoms with E-state index in [-0.39, 0.29) is 0 Å². The van der Waals surface area contributed by atoms with E-state index in [0.717, 1.165) is 12.1 Å². The van der Waals surface area contributed by atoms with Crippen LogP contribution in [-0.4, -0.2) is 4.37 Å². The van der Waals surface area contributed by atoms with Crippen molar-refractivity contribution in [2.75, 3.05) is 0 Å². The third-order valence-electron chi connectivity index (χ3n) is 2.66. The predicted octanol–water partition coefficient (Wildman–Crippen LogP) is 3.99. The second-order valence-corrected chi connectivity index (χ2v) is 4.73. The summed E-state index contributed by atoms with van der Waals surface area (Å²) >= 11 is 1.59. The van der Waals surface area contributed by atoms with Crippen LogP contribution in [0.15, 0.2) is 24.3 Å². The molecule has 78 valence electrons.